The average molecular weight is 892 g/mol. The Morgan fingerprint density at radius 3 is 1.23 bits per heavy atom. The molecule has 12 aromatic rings. The number of hydrogen-bond donors (Lipinski definition) is 0. The highest BCUT2D eigenvalue weighted by Gasteiger charge is 2.27. The Morgan fingerprint density at radius 2 is 0.743 bits per heavy atom. The molecular formula is C61H33N9. The summed E-state index contributed by atoms with van der Waals surface area (Å²) in [5.74, 6) is 1.28. The van der Waals surface area contributed by atoms with Gasteiger partial charge in [-0.25, -0.2) is 15.0 Å². The SMILES string of the molecule is N#Cc1ccc(-c2cc(-c3nc(-c4ccccc4)nc(-c4ccccc4)n3)cc(-c3ccc(C#N)cc3C#N)c2-n2c3ccccc3c3cc4c5ccccc5n(-c5ccccc5)c4cc32)c(C#N)c1. The van der Waals surface area contributed by atoms with Crippen LogP contribution in [0, 0.1) is 45.3 Å². The van der Waals surface area contributed by atoms with Gasteiger partial charge in [-0.1, -0.05) is 127 Å². The quantitative estimate of drug-likeness (QED) is 0.155. The lowest BCUT2D eigenvalue weighted by molar-refractivity contribution is 1.07. The lowest BCUT2D eigenvalue weighted by atomic mass is 9.88. The third-order valence-electron chi connectivity index (χ3n) is 12.9. The second-order valence-corrected chi connectivity index (χ2v) is 16.9. The van der Waals surface area contributed by atoms with Crippen LogP contribution in [0.5, 0.6) is 0 Å². The Hall–Kier alpha value is -10.5. The summed E-state index contributed by atoms with van der Waals surface area (Å²) in [6, 6.07) is 74.4. The van der Waals surface area contributed by atoms with E-state index in [-0.39, 0.29) is 11.1 Å². The number of fused-ring (bicyclic) bond motifs is 6. The highest BCUT2D eigenvalue weighted by atomic mass is 15.0. The van der Waals surface area contributed by atoms with Gasteiger partial charge in [0.1, 0.15) is 0 Å². The molecule has 0 aliphatic rings. The smallest absolute Gasteiger partial charge is 0.164 e. The number of benzene rings is 9. The lowest BCUT2D eigenvalue weighted by Gasteiger charge is -2.22. The summed E-state index contributed by atoms with van der Waals surface area (Å²) in [6.45, 7) is 0. The van der Waals surface area contributed by atoms with Crippen LogP contribution in [-0.4, -0.2) is 24.1 Å². The van der Waals surface area contributed by atoms with Crippen LogP contribution in [0.2, 0.25) is 0 Å². The summed E-state index contributed by atoms with van der Waals surface area (Å²) >= 11 is 0. The van der Waals surface area contributed by atoms with E-state index in [0.29, 0.717) is 62.1 Å². The van der Waals surface area contributed by atoms with Crippen LogP contribution < -0.4 is 0 Å². The topological polar surface area (TPSA) is 144 Å². The number of nitrogens with zero attached hydrogens (tertiary/aromatic N) is 9. The van der Waals surface area contributed by atoms with Crippen LogP contribution in [0.15, 0.2) is 200 Å². The minimum absolute atomic E-state index is 0.279. The maximum atomic E-state index is 11.0. The van der Waals surface area contributed by atoms with Gasteiger partial charge < -0.3 is 9.13 Å². The van der Waals surface area contributed by atoms with Gasteiger partial charge in [0.05, 0.1) is 74.3 Å². The molecule has 9 aromatic carbocycles. The van der Waals surface area contributed by atoms with E-state index in [4.69, 9.17) is 15.0 Å². The Kier molecular flexibility index (Phi) is 9.82. The normalized spacial score (nSPS) is 11.1. The third-order valence-corrected chi connectivity index (χ3v) is 12.9. The average Bonchev–Trinajstić information content (AvgIpc) is 3.93. The van der Waals surface area contributed by atoms with Crippen LogP contribution in [0.25, 0.3) is 111 Å². The van der Waals surface area contributed by atoms with Crippen molar-refractivity contribution in [2.75, 3.05) is 0 Å². The van der Waals surface area contributed by atoms with Gasteiger partial charge in [-0.3, -0.25) is 0 Å². The van der Waals surface area contributed by atoms with Gasteiger partial charge in [-0.15, -0.1) is 0 Å². The van der Waals surface area contributed by atoms with Crippen molar-refractivity contribution in [3.63, 3.8) is 0 Å². The molecule has 0 saturated heterocycles. The van der Waals surface area contributed by atoms with Gasteiger partial charge in [-0.05, 0) is 72.8 Å². The molecule has 3 heterocycles. The molecule has 0 saturated carbocycles. The van der Waals surface area contributed by atoms with Crippen molar-refractivity contribution in [3.05, 3.63) is 222 Å². The van der Waals surface area contributed by atoms with E-state index >= 15 is 0 Å². The molecule has 0 bridgehead atoms. The van der Waals surface area contributed by atoms with Crippen molar-refractivity contribution in [1.29, 1.82) is 21.0 Å². The molecule has 3 aromatic heterocycles. The molecule has 9 heteroatoms. The number of para-hydroxylation sites is 3. The minimum atomic E-state index is 0.279. The fraction of sp³-hybridized carbons (Fsp3) is 0. The molecular weight excluding hydrogens is 859 g/mol. The van der Waals surface area contributed by atoms with Crippen LogP contribution in [0.4, 0.5) is 0 Å². The lowest BCUT2D eigenvalue weighted by Crippen LogP contribution is -2.05. The van der Waals surface area contributed by atoms with Crippen molar-refractivity contribution in [3.8, 4) is 92.1 Å². The first-order chi connectivity index (χ1) is 34.5. The molecule has 0 fully saturated rings. The molecule has 0 aliphatic carbocycles. The van der Waals surface area contributed by atoms with E-state index in [1.54, 1.807) is 24.3 Å². The first-order valence-electron chi connectivity index (χ1n) is 22.5. The first-order valence-corrected chi connectivity index (χ1v) is 22.5. The molecule has 0 amide bonds. The molecule has 12 rings (SSSR count). The van der Waals surface area contributed by atoms with E-state index in [0.717, 1.165) is 60.4 Å². The minimum Gasteiger partial charge on any atom is -0.309 e. The van der Waals surface area contributed by atoms with E-state index < -0.39 is 0 Å². The van der Waals surface area contributed by atoms with Gasteiger partial charge in [0.15, 0.2) is 17.5 Å². The molecule has 0 atom stereocenters. The van der Waals surface area contributed by atoms with Crippen molar-refractivity contribution >= 4 is 43.6 Å². The molecule has 0 spiro atoms. The van der Waals surface area contributed by atoms with E-state index in [2.05, 4.69) is 94.1 Å². The highest BCUT2D eigenvalue weighted by molar-refractivity contribution is 6.20. The molecule has 0 unspecified atom stereocenters. The maximum absolute atomic E-state index is 11.0. The van der Waals surface area contributed by atoms with Gasteiger partial charge >= 0.3 is 0 Å². The largest absolute Gasteiger partial charge is 0.309 e. The zero-order valence-electron chi connectivity index (χ0n) is 37.1. The van der Waals surface area contributed by atoms with Crippen molar-refractivity contribution in [2.45, 2.75) is 0 Å². The summed E-state index contributed by atoms with van der Waals surface area (Å²) in [5, 5.41) is 46.3. The summed E-state index contributed by atoms with van der Waals surface area (Å²) in [5.41, 5.74) is 11.2. The summed E-state index contributed by atoms with van der Waals surface area (Å²) < 4.78 is 4.51. The number of nitriles is 4. The van der Waals surface area contributed by atoms with Crippen molar-refractivity contribution < 1.29 is 0 Å². The van der Waals surface area contributed by atoms with Crippen LogP contribution in [-0.2, 0) is 0 Å². The van der Waals surface area contributed by atoms with E-state index in [1.165, 1.54) is 0 Å². The fourth-order valence-electron chi connectivity index (χ4n) is 9.76. The molecule has 322 valence electrons. The second kappa shape index (κ2) is 16.8. The van der Waals surface area contributed by atoms with Crippen LogP contribution in [0.1, 0.15) is 22.3 Å². The van der Waals surface area contributed by atoms with E-state index in [1.807, 2.05) is 115 Å². The standard InChI is InChI=1S/C61H33N9/c62-34-38-24-26-46(43(28-38)36-64)52-30-42(61-67-59(40-14-4-1-5-15-40)66-60(68-61)41-16-6-2-7-17-41)31-53(47-27-25-39(35-63)29-44(47)37-65)58(52)70-55-23-13-11-21-49(55)51-32-50-48-20-10-12-22-54(48)69(56(50)33-57(51)70)45-18-8-3-9-19-45/h1-33H. The number of hydrogen-bond acceptors (Lipinski definition) is 7. The Balaban J connectivity index is 1.27. The molecule has 0 N–H and O–H groups in total. The van der Waals surface area contributed by atoms with Gasteiger partial charge in [-0.2, -0.15) is 21.0 Å². The molecule has 0 aliphatic heterocycles. The molecule has 9 nitrogen and oxygen atoms in total. The molecule has 0 radical (unpaired) electrons. The molecule has 70 heavy (non-hydrogen) atoms. The predicted octanol–water partition coefficient (Wildman–Crippen LogP) is 13.9. The van der Waals surface area contributed by atoms with Gasteiger partial charge in [0.25, 0.3) is 0 Å². The summed E-state index contributed by atoms with van der Waals surface area (Å²) in [4.78, 5) is 15.3. The van der Waals surface area contributed by atoms with Gasteiger partial charge in [0, 0.05) is 66.2 Å². The zero-order chi connectivity index (χ0) is 47.3. The number of aromatic nitrogens is 5. The zero-order valence-corrected chi connectivity index (χ0v) is 37.1. The van der Waals surface area contributed by atoms with Crippen molar-refractivity contribution in [1.82, 2.24) is 24.1 Å². The summed E-state index contributed by atoms with van der Waals surface area (Å²) in [6.07, 6.45) is 0. The number of rotatable bonds is 7. The Bertz CT molecular complexity index is 4120. The first kappa shape index (κ1) is 41.0. The third kappa shape index (κ3) is 6.72. The van der Waals surface area contributed by atoms with Crippen LogP contribution in [0.3, 0.4) is 0 Å². The monoisotopic (exact) mass is 891 g/mol. The van der Waals surface area contributed by atoms with E-state index in [9.17, 15) is 21.0 Å². The Morgan fingerprint density at radius 1 is 0.314 bits per heavy atom. The fourth-order valence-corrected chi connectivity index (χ4v) is 9.76. The summed E-state index contributed by atoms with van der Waals surface area (Å²) in [7, 11) is 0. The maximum Gasteiger partial charge on any atom is 0.164 e. The second-order valence-electron chi connectivity index (χ2n) is 16.9. The predicted molar refractivity (Wildman–Crippen MR) is 275 cm³/mol. The van der Waals surface area contributed by atoms with Crippen molar-refractivity contribution in [2.24, 2.45) is 0 Å². The Labute approximate surface area is 401 Å². The van der Waals surface area contributed by atoms with Crippen LogP contribution >= 0.6 is 0 Å². The highest BCUT2D eigenvalue weighted by Crippen LogP contribution is 2.47. The van der Waals surface area contributed by atoms with Gasteiger partial charge in [0.2, 0.25) is 0 Å².